The molecule has 1 aromatic carbocycles. The van der Waals surface area contributed by atoms with Crippen molar-refractivity contribution >= 4 is 27.3 Å². The maximum Gasteiger partial charge on any atom is 0.471 e. The molecule has 0 aliphatic heterocycles. The average molecular weight is 352 g/mol. The van der Waals surface area contributed by atoms with Crippen molar-refractivity contribution in [2.24, 2.45) is 4.36 Å². The molecular weight excluding hydrogens is 337 g/mol. The first-order valence-electron chi connectivity index (χ1n) is 6.25. The summed E-state index contributed by atoms with van der Waals surface area (Å²) in [4.78, 5) is 21.8. The third kappa shape index (κ3) is 6.68. The third-order valence-corrected chi connectivity index (χ3v) is 3.21. The van der Waals surface area contributed by atoms with Crippen molar-refractivity contribution in [3.63, 3.8) is 0 Å². The minimum Gasteiger partial charge on any atom is -0.480 e. The van der Waals surface area contributed by atoms with E-state index in [4.69, 9.17) is 5.11 Å². The lowest BCUT2D eigenvalue weighted by Gasteiger charge is -2.15. The fourth-order valence-electron chi connectivity index (χ4n) is 1.62. The van der Waals surface area contributed by atoms with E-state index in [9.17, 15) is 27.0 Å². The number of carbonyl (C=O) groups is 2. The van der Waals surface area contributed by atoms with Gasteiger partial charge in [-0.3, -0.25) is 4.79 Å². The standard InChI is InChI=1S/C13H15F3N2O4S/c1-23(2,22)18-9-5-3-8(4-6-9)7-10(11(19)20)17-12(21)13(14,15)16/h3-6,10H,7H2,1-2H3,(H,17,21)(H,19,20). The van der Waals surface area contributed by atoms with Gasteiger partial charge in [0.2, 0.25) is 0 Å². The quantitative estimate of drug-likeness (QED) is 0.843. The van der Waals surface area contributed by atoms with Gasteiger partial charge in [-0.05, 0) is 17.7 Å². The fraction of sp³-hybridized carbons (Fsp3) is 0.385. The lowest BCUT2D eigenvalue weighted by molar-refractivity contribution is -0.175. The van der Waals surface area contributed by atoms with E-state index >= 15 is 0 Å². The molecule has 0 heterocycles. The summed E-state index contributed by atoms with van der Waals surface area (Å²) in [6.07, 6.45) is -2.61. The van der Waals surface area contributed by atoms with Crippen molar-refractivity contribution in [2.45, 2.75) is 18.6 Å². The lowest BCUT2D eigenvalue weighted by atomic mass is 10.1. The minimum atomic E-state index is -5.15. The maximum absolute atomic E-state index is 12.2. The topological polar surface area (TPSA) is 95.8 Å². The number of benzene rings is 1. The van der Waals surface area contributed by atoms with Gasteiger partial charge in [0.1, 0.15) is 6.04 Å². The van der Waals surface area contributed by atoms with Crippen molar-refractivity contribution in [2.75, 3.05) is 12.5 Å². The number of aliphatic carboxylic acids is 1. The Labute approximate surface area is 130 Å². The number of nitrogens with zero attached hydrogens (tertiary/aromatic N) is 1. The predicted octanol–water partition coefficient (Wildman–Crippen LogP) is 1.72. The number of alkyl halides is 3. The van der Waals surface area contributed by atoms with Gasteiger partial charge in [0.15, 0.2) is 0 Å². The van der Waals surface area contributed by atoms with Crippen molar-refractivity contribution in [3.8, 4) is 0 Å². The number of hydrogen-bond donors (Lipinski definition) is 2. The van der Waals surface area contributed by atoms with Crippen LogP contribution in [0.4, 0.5) is 18.9 Å². The maximum atomic E-state index is 12.2. The van der Waals surface area contributed by atoms with E-state index in [2.05, 4.69) is 4.36 Å². The van der Waals surface area contributed by atoms with Crippen LogP contribution in [0.3, 0.4) is 0 Å². The summed E-state index contributed by atoms with van der Waals surface area (Å²) < 4.78 is 52.0. The van der Waals surface area contributed by atoms with Crippen LogP contribution in [-0.2, 0) is 25.7 Å². The molecule has 10 heteroatoms. The molecule has 0 radical (unpaired) electrons. The van der Waals surface area contributed by atoms with Crippen LogP contribution >= 0.6 is 0 Å². The number of hydrogen-bond acceptors (Lipinski definition) is 4. The highest BCUT2D eigenvalue weighted by atomic mass is 32.2. The second-order valence-electron chi connectivity index (χ2n) is 5.01. The zero-order valence-corrected chi connectivity index (χ0v) is 13.1. The largest absolute Gasteiger partial charge is 0.480 e. The summed E-state index contributed by atoms with van der Waals surface area (Å²) in [5.74, 6) is -3.89. The van der Waals surface area contributed by atoms with E-state index < -0.39 is 33.8 Å². The van der Waals surface area contributed by atoms with Gasteiger partial charge >= 0.3 is 18.1 Å². The predicted molar refractivity (Wildman–Crippen MR) is 77.8 cm³/mol. The molecule has 23 heavy (non-hydrogen) atoms. The molecule has 2 N–H and O–H groups in total. The molecule has 0 bridgehead atoms. The number of nitrogens with one attached hydrogen (secondary N) is 1. The Kier molecular flexibility index (Phi) is 5.75. The summed E-state index contributed by atoms with van der Waals surface area (Å²) in [6, 6.07) is 4.10. The first-order chi connectivity index (χ1) is 10.4. The summed E-state index contributed by atoms with van der Waals surface area (Å²) in [5, 5.41) is 10.3. The van der Waals surface area contributed by atoms with Gasteiger partial charge in [0, 0.05) is 28.7 Å². The number of carboxylic acid groups (broad SMARTS) is 1. The Morgan fingerprint density at radius 3 is 2.17 bits per heavy atom. The van der Waals surface area contributed by atoms with E-state index in [0.717, 1.165) is 0 Å². The molecule has 0 spiro atoms. The van der Waals surface area contributed by atoms with Gasteiger partial charge in [-0.25, -0.2) is 9.00 Å². The van der Waals surface area contributed by atoms with Crippen molar-refractivity contribution in [1.29, 1.82) is 0 Å². The van der Waals surface area contributed by atoms with Gasteiger partial charge in [0.25, 0.3) is 0 Å². The number of rotatable bonds is 5. The van der Waals surface area contributed by atoms with Gasteiger partial charge in [0.05, 0.1) is 5.69 Å². The molecule has 0 saturated carbocycles. The SMILES string of the molecule is CS(C)(=O)=Nc1ccc(CC(NC(=O)C(F)(F)F)C(=O)O)cc1. The van der Waals surface area contributed by atoms with Gasteiger partial charge in [-0.2, -0.15) is 17.5 Å². The molecule has 1 amide bonds. The molecule has 1 rings (SSSR count). The van der Waals surface area contributed by atoms with Crippen LogP contribution < -0.4 is 5.32 Å². The van der Waals surface area contributed by atoms with E-state index in [1.807, 2.05) is 0 Å². The molecule has 1 atom stereocenters. The Morgan fingerprint density at radius 2 is 1.78 bits per heavy atom. The molecule has 1 aromatic rings. The normalized spacial score (nSPS) is 13.3. The summed E-state index contributed by atoms with van der Waals surface area (Å²) in [7, 11) is -2.36. The van der Waals surface area contributed by atoms with Crippen molar-refractivity contribution in [3.05, 3.63) is 29.8 Å². The second kappa shape index (κ2) is 6.99. The monoisotopic (exact) mass is 352 g/mol. The van der Waals surface area contributed by atoms with E-state index in [1.54, 1.807) is 0 Å². The molecule has 128 valence electrons. The zero-order chi connectivity index (χ0) is 17.8. The smallest absolute Gasteiger partial charge is 0.471 e. The number of halogens is 3. The summed E-state index contributed by atoms with van der Waals surface area (Å²) in [6.45, 7) is 0. The zero-order valence-electron chi connectivity index (χ0n) is 12.3. The highest BCUT2D eigenvalue weighted by Gasteiger charge is 2.40. The molecule has 0 aromatic heterocycles. The van der Waals surface area contributed by atoms with E-state index in [1.165, 1.54) is 42.1 Å². The Bertz CT molecular complexity index is 699. The number of carbonyl (C=O) groups excluding carboxylic acids is 1. The molecule has 0 aliphatic carbocycles. The number of carboxylic acids is 1. The molecule has 1 unspecified atom stereocenters. The van der Waals surface area contributed by atoms with Crippen LogP contribution in [0.2, 0.25) is 0 Å². The Hall–Kier alpha value is -2.10. The van der Waals surface area contributed by atoms with Gasteiger partial charge in [-0.15, -0.1) is 0 Å². The fourth-order valence-corrected chi connectivity index (χ4v) is 2.25. The first-order valence-corrected chi connectivity index (χ1v) is 8.58. The molecule has 0 fully saturated rings. The van der Waals surface area contributed by atoms with Crippen molar-refractivity contribution in [1.82, 2.24) is 5.32 Å². The highest BCUT2D eigenvalue weighted by Crippen LogP contribution is 2.17. The van der Waals surface area contributed by atoms with Crippen LogP contribution in [0.1, 0.15) is 5.56 Å². The number of amides is 1. The summed E-state index contributed by atoms with van der Waals surface area (Å²) >= 11 is 0. The van der Waals surface area contributed by atoms with Crippen LogP contribution in [0.15, 0.2) is 28.6 Å². The Morgan fingerprint density at radius 1 is 1.26 bits per heavy atom. The van der Waals surface area contributed by atoms with Crippen LogP contribution in [-0.4, -0.2) is 45.9 Å². The van der Waals surface area contributed by atoms with Crippen LogP contribution in [0.25, 0.3) is 0 Å². The first kappa shape index (κ1) is 18.9. The average Bonchev–Trinajstić information content (AvgIpc) is 2.37. The van der Waals surface area contributed by atoms with Crippen molar-refractivity contribution < 1.29 is 32.1 Å². The van der Waals surface area contributed by atoms with E-state index in [-0.39, 0.29) is 6.42 Å². The Balaban J connectivity index is 2.88. The molecular formula is C13H15F3N2O4S. The second-order valence-corrected chi connectivity index (χ2v) is 7.55. The highest BCUT2D eigenvalue weighted by molar-refractivity contribution is 7.92. The van der Waals surface area contributed by atoms with E-state index in [0.29, 0.717) is 11.3 Å². The minimum absolute atomic E-state index is 0.328. The third-order valence-electron chi connectivity index (χ3n) is 2.56. The van der Waals surface area contributed by atoms with Crippen LogP contribution in [0, 0.1) is 0 Å². The van der Waals surface area contributed by atoms with Gasteiger partial charge < -0.3 is 10.4 Å². The molecule has 0 aliphatic rings. The lowest BCUT2D eigenvalue weighted by Crippen LogP contribution is -2.47. The molecule has 6 nitrogen and oxygen atoms in total. The molecule has 0 saturated heterocycles. The van der Waals surface area contributed by atoms with Crippen LogP contribution in [0.5, 0.6) is 0 Å². The van der Waals surface area contributed by atoms with Gasteiger partial charge in [-0.1, -0.05) is 12.1 Å². The summed E-state index contributed by atoms with van der Waals surface area (Å²) in [5.41, 5.74) is 0.785.